The molecule has 0 amide bonds. The van der Waals surface area contributed by atoms with Crippen molar-refractivity contribution in [2.45, 2.75) is 137 Å². The van der Waals surface area contributed by atoms with Gasteiger partial charge in [0.25, 0.3) is 0 Å². The fourth-order valence-corrected chi connectivity index (χ4v) is 10.3. The van der Waals surface area contributed by atoms with Gasteiger partial charge in [-0.25, -0.2) is 9.59 Å². The lowest BCUT2D eigenvalue weighted by Gasteiger charge is -2.39. The zero-order valence-electron chi connectivity index (χ0n) is 47.9. The summed E-state index contributed by atoms with van der Waals surface area (Å²) in [5.41, 5.74) is 7.22. The Hall–Kier alpha value is -7.72. The molecule has 6 aromatic carbocycles. The van der Waals surface area contributed by atoms with Crippen LogP contribution in [0, 0.1) is 24.7 Å². The van der Waals surface area contributed by atoms with E-state index in [1.54, 1.807) is 26.4 Å². The summed E-state index contributed by atoms with van der Waals surface area (Å²) in [5.74, 6) is 2.51. The third-order valence-corrected chi connectivity index (χ3v) is 16.2. The minimum absolute atomic E-state index is 0.109. The highest BCUT2D eigenvalue weighted by molar-refractivity contribution is 5.89. The Morgan fingerprint density at radius 3 is 1.18 bits per heavy atom. The molecular weight excluding hydrogens is 989 g/mol. The molecule has 0 unspecified atom stereocenters. The van der Waals surface area contributed by atoms with Crippen LogP contribution < -0.4 is 28.4 Å². The van der Waals surface area contributed by atoms with Crippen LogP contribution in [0.4, 0.5) is 0 Å². The lowest BCUT2D eigenvalue weighted by molar-refractivity contribution is -0.144. The number of methoxy groups -OCH3 is 2. The molecule has 6 aromatic rings. The molecule has 0 N–H and O–H groups in total. The summed E-state index contributed by atoms with van der Waals surface area (Å²) in [6.45, 7) is 15.6. The van der Waals surface area contributed by atoms with Crippen molar-refractivity contribution in [2.75, 3.05) is 14.2 Å². The summed E-state index contributed by atoms with van der Waals surface area (Å²) in [5, 5.41) is 0. The Morgan fingerprint density at radius 2 is 0.772 bits per heavy atom. The van der Waals surface area contributed by atoms with E-state index in [0.717, 1.165) is 98.0 Å². The van der Waals surface area contributed by atoms with E-state index in [9.17, 15) is 19.2 Å². The van der Waals surface area contributed by atoms with Gasteiger partial charge in [0.2, 0.25) is 0 Å². The number of hydrogen-bond acceptors (Lipinski definition) is 10. The van der Waals surface area contributed by atoms with Crippen LogP contribution >= 0.6 is 0 Å². The molecule has 0 atom stereocenters. The first-order valence-electron chi connectivity index (χ1n) is 27.8. The molecule has 2 aliphatic carbocycles. The number of esters is 4. The molecule has 2 saturated carbocycles. The molecule has 79 heavy (non-hydrogen) atoms. The van der Waals surface area contributed by atoms with Gasteiger partial charge in [0.05, 0.1) is 25.0 Å². The summed E-state index contributed by atoms with van der Waals surface area (Å²) in [7, 11) is 3.24. The topological polar surface area (TPSA) is 124 Å². The summed E-state index contributed by atoms with van der Waals surface area (Å²) < 4.78 is 33.0. The average molecular weight is 1070 g/mol. The Kier molecular flexibility index (Phi) is 19.6. The molecule has 0 radical (unpaired) electrons. The molecule has 2 fully saturated rings. The monoisotopic (exact) mass is 1070 g/mol. The van der Waals surface area contributed by atoms with Crippen molar-refractivity contribution >= 4 is 36.0 Å². The highest BCUT2D eigenvalue weighted by Gasteiger charge is 2.39. The van der Waals surface area contributed by atoms with Crippen LogP contribution in [0.3, 0.4) is 0 Å². The summed E-state index contributed by atoms with van der Waals surface area (Å²) in [4.78, 5) is 50.1. The lowest BCUT2D eigenvalue weighted by atomic mass is 9.65. The van der Waals surface area contributed by atoms with Crippen molar-refractivity contribution in [2.24, 2.45) is 10.8 Å². The zero-order valence-corrected chi connectivity index (χ0v) is 47.9. The van der Waals surface area contributed by atoms with Crippen LogP contribution in [-0.4, -0.2) is 38.1 Å². The molecule has 8 rings (SSSR count). The molecule has 0 spiro atoms. The molecule has 0 heterocycles. The highest BCUT2D eigenvalue weighted by Crippen LogP contribution is 2.48. The smallest absolute Gasteiger partial charge is 0.336 e. The van der Waals surface area contributed by atoms with Gasteiger partial charge in [0.15, 0.2) is 0 Å². The molecule has 0 aromatic heterocycles. The maximum atomic E-state index is 12.7. The number of benzene rings is 6. The highest BCUT2D eigenvalue weighted by atomic mass is 16.5. The molecule has 10 nitrogen and oxygen atoms in total. The van der Waals surface area contributed by atoms with Gasteiger partial charge in [-0.2, -0.15) is 0 Å². The van der Waals surface area contributed by atoms with E-state index in [1.165, 1.54) is 40.8 Å². The third kappa shape index (κ3) is 14.7. The van der Waals surface area contributed by atoms with Crippen LogP contribution in [0.25, 0.3) is 12.2 Å². The first-order valence-corrected chi connectivity index (χ1v) is 27.8. The standard InChI is InChI=1S/C36H42O5.C33H36O5/c1-7-35(4,5)34(38)41-32-19-15-29(24-26(32)3)36(21-9-8-10-22-36)28-14-18-31(25(2)23-28)40-33(37)20-13-27-11-16-30(39-6)17-12-27;1-5-32(2,3)31(35)38-29-19-13-26(14-20-29)33(22-6-7-23-33)25-11-17-28(18-12-25)37-30(34)21-10-24-8-15-27(36-4)16-9-24/h11-20,23-24H,7-10,21-22H2,1-6H3;8-21H,5-7,22-23H2,1-4H3/b20-13+;21-10+. The number of aryl methyl sites for hydroxylation is 2. The number of hydrogen-bond donors (Lipinski definition) is 0. The second-order valence-electron chi connectivity index (χ2n) is 22.3. The van der Waals surface area contributed by atoms with Crippen molar-refractivity contribution < 1.29 is 47.6 Å². The largest absolute Gasteiger partial charge is 0.497 e. The number of carbonyl (C=O) groups excluding carboxylic acids is 4. The predicted molar refractivity (Wildman–Crippen MR) is 313 cm³/mol. The second kappa shape index (κ2) is 26.3. The van der Waals surface area contributed by atoms with Crippen LogP contribution in [0.15, 0.2) is 146 Å². The van der Waals surface area contributed by atoms with Gasteiger partial charge < -0.3 is 28.4 Å². The Morgan fingerprint density at radius 1 is 0.430 bits per heavy atom. The minimum Gasteiger partial charge on any atom is -0.497 e. The Balaban J connectivity index is 0.000000229. The molecule has 414 valence electrons. The molecule has 10 heteroatoms. The SMILES string of the molecule is CCC(C)(C)C(=O)Oc1ccc(C2(c3ccc(OC(=O)/C=C/c4ccc(OC)cc4)c(C)c3)CCCCC2)cc1C.CCC(C)(C)C(=O)Oc1ccc(C2(c3ccc(OC(=O)/C=C/c4ccc(OC)cc4)cc3)CCCC2)cc1. The zero-order chi connectivity index (χ0) is 56.8. The molecule has 2 aliphatic rings. The predicted octanol–water partition coefficient (Wildman–Crippen LogP) is 16.0. The van der Waals surface area contributed by atoms with Crippen molar-refractivity contribution in [3.05, 3.63) is 190 Å². The average Bonchev–Trinajstić information content (AvgIpc) is 4.11. The Bertz CT molecular complexity index is 3090. The molecule has 0 aliphatic heterocycles. The summed E-state index contributed by atoms with van der Waals surface area (Å²) >= 11 is 0. The number of ether oxygens (including phenoxy) is 6. The number of rotatable bonds is 18. The van der Waals surface area contributed by atoms with Crippen molar-refractivity contribution in [3.63, 3.8) is 0 Å². The normalized spacial score (nSPS) is 14.9. The van der Waals surface area contributed by atoms with Gasteiger partial charge >= 0.3 is 23.9 Å². The maximum Gasteiger partial charge on any atom is 0.336 e. The summed E-state index contributed by atoms with van der Waals surface area (Å²) in [6, 6.07) is 43.1. The molecular formula is C69H78O10. The fourth-order valence-electron chi connectivity index (χ4n) is 10.3. The van der Waals surface area contributed by atoms with E-state index in [-0.39, 0.29) is 22.8 Å². The van der Waals surface area contributed by atoms with Gasteiger partial charge in [0.1, 0.15) is 34.5 Å². The van der Waals surface area contributed by atoms with Crippen LogP contribution in [-0.2, 0) is 30.0 Å². The van der Waals surface area contributed by atoms with Crippen molar-refractivity contribution in [3.8, 4) is 34.5 Å². The van der Waals surface area contributed by atoms with E-state index >= 15 is 0 Å². The fraction of sp³-hybridized carbons (Fsp3) is 0.362. The van der Waals surface area contributed by atoms with Crippen LogP contribution in [0.1, 0.15) is 157 Å². The lowest BCUT2D eigenvalue weighted by Crippen LogP contribution is -2.31. The third-order valence-electron chi connectivity index (χ3n) is 16.2. The number of carbonyl (C=O) groups is 4. The van der Waals surface area contributed by atoms with E-state index in [0.29, 0.717) is 23.0 Å². The van der Waals surface area contributed by atoms with Crippen molar-refractivity contribution in [1.82, 2.24) is 0 Å². The van der Waals surface area contributed by atoms with E-state index in [1.807, 2.05) is 140 Å². The summed E-state index contributed by atoms with van der Waals surface area (Å²) in [6.07, 6.45) is 17.7. The van der Waals surface area contributed by atoms with E-state index in [4.69, 9.17) is 28.4 Å². The van der Waals surface area contributed by atoms with E-state index < -0.39 is 22.8 Å². The molecule has 0 saturated heterocycles. The van der Waals surface area contributed by atoms with Gasteiger partial charge in [-0.15, -0.1) is 0 Å². The van der Waals surface area contributed by atoms with Gasteiger partial charge in [0, 0.05) is 23.0 Å². The maximum absolute atomic E-state index is 12.7. The van der Waals surface area contributed by atoms with Crippen LogP contribution in [0.5, 0.6) is 34.5 Å². The van der Waals surface area contributed by atoms with Crippen LogP contribution in [0.2, 0.25) is 0 Å². The first kappa shape index (κ1) is 59.0. The first-order chi connectivity index (χ1) is 37.8. The Labute approximate surface area is 468 Å². The van der Waals surface area contributed by atoms with E-state index in [2.05, 4.69) is 48.5 Å². The quantitative estimate of drug-likeness (QED) is 0.0467. The van der Waals surface area contributed by atoms with Gasteiger partial charge in [-0.05, 0) is 197 Å². The van der Waals surface area contributed by atoms with Gasteiger partial charge in [-0.3, -0.25) is 9.59 Å². The molecule has 0 bridgehead atoms. The van der Waals surface area contributed by atoms with Crippen molar-refractivity contribution in [1.29, 1.82) is 0 Å². The van der Waals surface area contributed by atoms with Gasteiger partial charge in [-0.1, -0.05) is 119 Å². The second-order valence-corrected chi connectivity index (χ2v) is 22.3. The minimum atomic E-state index is -0.524.